The third-order valence-corrected chi connectivity index (χ3v) is 3.32. The maximum atomic E-state index is 11.9. The molecule has 4 N–H and O–H groups in total. The van der Waals surface area contributed by atoms with Crippen molar-refractivity contribution < 1.29 is 9.59 Å². The normalized spacial score (nSPS) is 13.8. The van der Waals surface area contributed by atoms with E-state index in [-0.39, 0.29) is 23.3 Å². The molecule has 0 heterocycles. The van der Waals surface area contributed by atoms with Crippen LogP contribution in [-0.4, -0.2) is 29.9 Å². The van der Waals surface area contributed by atoms with Crippen LogP contribution in [0.4, 0.5) is 0 Å². The lowest BCUT2D eigenvalue weighted by Crippen LogP contribution is -2.49. The number of rotatable bonds is 7. The highest BCUT2D eigenvalue weighted by molar-refractivity contribution is 7.80. The van der Waals surface area contributed by atoms with Crippen LogP contribution in [0.3, 0.4) is 0 Å². The Bertz CT molecular complexity index is 331. The topological polar surface area (TPSA) is 84.2 Å². The largest absolute Gasteiger partial charge is 0.392 e. The van der Waals surface area contributed by atoms with E-state index in [0.29, 0.717) is 18.9 Å². The number of hydrogen-bond donors (Lipinski definition) is 3. The van der Waals surface area contributed by atoms with Gasteiger partial charge in [0.2, 0.25) is 11.8 Å². The van der Waals surface area contributed by atoms with E-state index in [1.54, 1.807) is 6.92 Å². The van der Waals surface area contributed by atoms with E-state index in [1.807, 2.05) is 20.8 Å². The highest BCUT2D eigenvalue weighted by Gasteiger charge is 2.34. The zero-order valence-electron chi connectivity index (χ0n) is 11.5. The summed E-state index contributed by atoms with van der Waals surface area (Å²) in [6, 6.07) is 0. The fraction of sp³-hybridized carbons (Fsp3) is 0.750. The fourth-order valence-electron chi connectivity index (χ4n) is 1.18. The first kappa shape index (κ1) is 16.8. The van der Waals surface area contributed by atoms with Crippen LogP contribution in [0, 0.1) is 11.3 Å². The van der Waals surface area contributed by atoms with Gasteiger partial charge in [-0.2, -0.15) is 0 Å². The van der Waals surface area contributed by atoms with Gasteiger partial charge in [0.15, 0.2) is 0 Å². The molecular formula is C12H23N3O2S. The summed E-state index contributed by atoms with van der Waals surface area (Å²) in [7, 11) is 0. The zero-order valence-corrected chi connectivity index (χ0v) is 12.3. The maximum Gasteiger partial charge on any atom is 0.239 e. The lowest BCUT2D eigenvalue weighted by molar-refractivity contribution is -0.130. The van der Waals surface area contributed by atoms with Gasteiger partial charge >= 0.3 is 0 Å². The van der Waals surface area contributed by atoms with Crippen LogP contribution >= 0.6 is 12.2 Å². The number of hydrogen-bond acceptors (Lipinski definition) is 3. The zero-order chi connectivity index (χ0) is 14.3. The number of amides is 2. The average molecular weight is 273 g/mol. The number of carbonyl (C=O) groups is 2. The molecule has 1 unspecified atom stereocenters. The average Bonchev–Trinajstić information content (AvgIpc) is 2.31. The Morgan fingerprint density at radius 3 is 2.28 bits per heavy atom. The van der Waals surface area contributed by atoms with Crippen molar-refractivity contribution in [1.82, 2.24) is 10.6 Å². The van der Waals surface area contributed by atoms with E-state index in [0.717, 1.165) is 0 Å². The second-order valence-corrected chi connectivity index (χ2v) is 5.37. The Hall–Kier alpha value is -1.17. The Balaban J connectivity index is 4.25. The highest BCUT2D eigenvalue weighted by atomic mass is 32.1. The van der Waals surface area contributed by atoms with Crippen molar-refractivity contribution in [3.63, 3.8) is 0 Å². The van der Waals surface area contributed by atoms with Gasteiger partial charge in [0.25, 0.3) is 0 Å². The van der Waals surface area contributed by atoms with Crippen LogP contribution in [0.1, 0.15) is 34.1 Å². The molecule has 0 spiro atoms. The molecule has 0 aromatic carbocycles. The molecule has 18 heavy (non-hydrogen) atoms. The molecule has 0 fully saturated rings. The van der Waals surface area contributed by atoms with Crippen LogP contribution in [0.5, 0.6) is 0 Å². The molecule has 0 radical (unpaired) electrons. The van der Waals surface area contributed by atoms with Crippen molar-refractivity contribution >= 4 is 29.0 Å². The lowest BCUT2D eigenvalue weighted by Gasteiger charge is -2.25. The minimum Gasteiger partial charge on any atom is -0.392 e. The van der Waals surface area contributed by atoms with Crippen molar-refractivity contribution in [3.05, 3.63) is 0 Å². The molecular weight excluding hydrogens is 250 g/mol. The van der Waals surface area contributed by atoms with E-state index in [2.05, 4.69) is 10.6 Å². The Morgan fingerprint density at radius 2 is 1.89 bits per heavy atom. The molecule has 0 saturated carbocycles. The number of carbonyl (C=O) groups excluding carboxylic acids is 2. The third kappa shape index (κ3) is 5.00. The van der Waals surface area contributed by atoms with Crippen molar-refractivity contribution in [1.29, 1.82) is 0 Å². The molecule has 2 amide bonds. The van der Waals surface area contributed by atoms with Gasteiger partial charge in [-0.3, -0.25) is 9.59 Å². The molecule has 6 heteroatoms. The first-order chi connectivity index (χ1) is 8.24. The summed E-state index contributed by atoms with van der Waals surface area (Å²) in [5.41, 5.74) is 4.66. The summed E-state index contributed by atoms with van der Waals surface area (Å²) in [4.78, 5) is 23.5. The SMILES string of the molecule is CCC(C)(C(=O)NCC(=O)NCC(C)C)C(N)=S. The number of nitrogens with two attached hydrogens (primary N) is 1. The van der Waals surface area contributed by atoms with E-state index in [4.69, 9.17) is 18.0 Å². The molecule has 0 bridgehead atoms. The maximum absolute atomic E-state index is 11.9. The standard InChI is InChI=1S/C12H23N3O2S/c1-5-12(4,10(13)18)11(17)15-7-9(16)14-6-8(2)3/h8H,5-7H2,1-4H3,(H2,13,18)(H,14,16)(H,15,17). The van der Waals surface area contributed by atoms with E-state index < -0.39 is 5.41 Å². The first-order valence-corrected chi connectivity index (χ1v) is 6.49. The van der Waals surface area contributed by atoms with E-state index in [9.17, 15) is 9.59 Å². The van der Waals surface area contributed by atoms with E-state index in [1.165, 1.54) is 0 Å². The number of nitrogens with one attached hydrogen (secondary N) is 2. The first-order valence-electron chi connectivity index (χ1n) is 6.09. The van der Waals surface area contributed by atoms with Gasteiger partial charge in [-0.1, -0.05) is 33.0 Å². The second kappa shape index (κ2) is 7.31. The van der Waals surface area contributed by atoms with Crippen LogP contribution < -0.4 is 16.4 Å². The summed E-state index contributed by atoms with van der Waals surface area (Å²) in [6.07, 6.45) is 0.502. The minimum atomic E-state index is -0.895. The molecule has 0 aromatic rings. The fourth-order valence-corrected chi connectivity index (χ4v) is 1.42. The van der Waals surface area contributed by atoms with Crippen LogP contribution in [0.15, 0.2) is 0 Å². The number of thiocarbonyl (C=S) groups is 1. The van der Waals surface area contributed by atoms with Crippen molar-refractivity contribution in [2.24, 2.45) is 17.1 Å². The van der Waals surface area contributed by atoms with Gasteiger partial charge in [0.1, 0.15) is 0 Å². The van der Waals surface area contributed by atoms with Gasteiger partial charge in [-0.25, -0.2) is 0 Å². The second-order valence-electron chi connectivity index (χ2n) is 4.93. The van der Waals surface area contributed by atoms with Gasteiger partial charge in [-0.05, 0) is 19.3 Å². The predicted molar refractivity (Wildman–Crippen MR) is 76.0 cm³/mol. The summed E-state index contributed by atoms with van der Waals surface area (Å²) < 4.78 is 0. The van der Waals surface area contributed by atoms with Gasteiger partial charge in [-0.15, -0.1) is 0 Å². The molecule has 5 nitrogen and oxygen atoms in total. The van der Waals surface area contributed by atoms with Gasteiger partial charge in [0, 0.05) is 6.54 Å². The highest BCUT2D eigenvalue weighted by Crippen LogP contribution is 2.21. The van der Waals surface area contributed by atoms with Crippen LogP contribution in [0.2, 0.25) is 0 Å². The van der Waals surface area contributed by atoms with Crippen molar-refractivity contribution in [3.8, 4) is 0 Å². The molecule has 0 rings (SSSR count). The van der Waals surface area contributed by atoms with Crippen molar-refractivity contribution in [2.45, 2.75) is 34.1 Å². The molecule has 0 aliphatic rings. The van der Waals surface area contributed by atoms with Gasteiger partial charge in [0.05, 0.1) is 16.9 Å². The lowest BCUT2D eigenvalue weighted by atomic mass is 9.86. The third-order valence-electron chi connectivity index (χ3n) is 2.87. The molecule has 0 saturated heterocycles. The molecule has 1 atom stereocenters. The van der Waals surface area contributed by atoms with Gasteiger partial charge < -0.3 is 16.4 Å². The van der Waals surface area contributed by atoms with Crippen molar-refractivity contribution in [2.75, 3.05) is 13.1 Å². The molecule has 0 aromatic heterocycles. The van der Waals surface area contributed by atoms with E-state index >= 15 is 0 Å². The quantitative estimate of drug-likeness (QED) is 0.592. The summed E-state index contributed by atoms with van der Waals surface area (Å²) >= 11 is 4.89. The minimum absolute atomic E-state index is 0.0518. The smallest absolute Gasteiger partial charge is 0.239 e. The molecule has 0 aliphatic heterocycles. The monoisotopic (exact) mass is 273 g/mol. The Labute approximate surface area is 114 Å². The summed E-state index contributed by atoms with van der Waals surface area (Å²) in [5, 5.41) is 5.28. The van der Waals surface area contributed by atoms with Crippen LogP contribution in [-0.2, 0) is 9.59 Å². The van der Waals surface area contributed by atoms with Crippen LogP contribution in [0.25, 0.3) is 0 Å². The molecule has 104 valence electrons. The summed E-state index contributed by atoms with van der Waals surface area (Å²) in [6.45, 7) is 8.05. The Morgan fingerprint density at radius 1 is 1.33 bits per heavy atom. The predicted octanol–water partition coefficient (Wildman–Crippen LogP) is 0.577. The molecule has 0 aliphatic carbocycles. The Kier molecular flexibility index (Phi) is 6.83. The summed E-state index contributed by atoms with van der Waals surface area (Å²) in [5.74, 6) is -0.141.